The van der Waals surface area contributed by atoms with Crippen molar-refractivity contribution in [2.45, 2.75) is 32.8 Å². The predicted octanol–water partition coefficient (Wildman–Crippen LogP) is 4.88. The number of carbonyl (C=O) groups excluding carboxylic acids is 2. The van der Waals surface area contributed by atoms with Crippen LogP contribution in [0, 0.1) is 5.82 Å². The summed E-state index contributed by atoms with van der Waals surface area (Å²) in [4.78, 5) is 28.8. The lowest BCUT2D eigenvalue weighted by Crippen LogP contribution is -2.39. The number of aromatic nitrogens is 1. The molecule has 8 heteroatoms. The average Bonchev–Trinajstić information content (AvgIpc) is 2.97. The van der Waals surface area contributed by atoms with Crippen molar-refractivity contribution in [2.75, 3.05) is 20.2 Å². The number of aromatic amines is 1. The summed E-state index contributed by atoms with van der Waals surface area (Å²) in [5.41, 5.74) is 1.15. The maximum Gasteiger partial charge on any atom is 0.410 e. The summed E-state index contributed by atoms with van der Waals surface area (Å²) in [6.07, 6.45) is 2.07. The normalized spacial score (nSPS) is 14.8. The summed E-state index contributed by atoms with van der Waals surface area (Å²) in [6.45, 7) is 6.16. The van der Waals surface area contributed by atoms with E-state index in [1.807, 2.05) is 6.08 Å². The van der Waals surface area contributed by atoms with Crippen LogP contribution in [0.25, 0.3) is 16.5 Å². The quantitative estimate of drug-likeness (QED) is 0.658. The van der Waals surface area contributed by atoms with Crippen LogP contribution in [-0.2, 0) is 9.47 Å². The highest BCUT2D eigenvalue weighted by Crippen LogP contribution is 2.33. The molecular formula is C20H22BrFN2O4. The first-order valence-corrected chi connectivity index (χ1v) is 9.66. The number of hydrogen-bond donors (Lipinski definition) is 1. The van der Waals surface area contributed by atoms with Crippen LogP contribution >= 0.6 is 15.9 Å². The van der Waals surface area contributed by atoms with Crippen molar-refractivity contribution in [1.82, 2.24) is 9.88 Å². The first-order valence-electron chi connectivity index (χ1n) is 8.87. The Morgan fingerprint density at radius 3 is 2.64 bits per heavy atom. The molecule has 0 bridgehead atoms. The fourth-order valence-corrected chi connectivity index (χ4v) is 3.64. The molecule has 0 spiro atoms. The zero-order valence-electron chi connectivity index (χ0n) is 16.2. The molecule has 2 heterocycles. The van der Waals surface area contributed by atoms with E-state index in [4.69, 9.17) is 9.47 Å². The molecule has 1 aromatic heterocycles. The zero-order chi connectivity index (χ0) is 20.6. The standard InChI is InChI=1S/C20H22BrFN2O4/c1-20(2,3)28-19(26)24-7-5-6-11(10-24)16-15(22)13-8-12(18(25)27-4)9-14(21)17(13)23-16/h6,8-9,23H,5,7,10H2,1-4H3. The highest BCUT2D eigenvalue weighted by Gasteiger charge is 2.27. The molecule has 2 aromatic rings. The molecule has 1 N–H and O–H groups in total. The van der Waals surface area contributed by atoms with Crippen molar-refractivity contribution < 1.29 is 23.5 Å². The third-order valence-corrected chi connectivity index (χ3v) is 4.97. The van der Waals surface area contributed by atoms with Crippen molar-refractivity contribution in [3.63, 3.8) is 0 Å². The van der Waals surface area contributed by atoms with Crippen LogP contribution in [0.15, 0.2) is 22.7 Å². The van der Waals surface area contributed by atoms with E-state index in [0.29, 0.717) is 34.2 Å². The molecular weight excluding hydrogens is 431 g/mol. The molecule has 28 heavy (non-hydrogen) atoms. The number of nitrogens with zero attached hydrogens (tertiary/aromatic N) is 1. The molecule has 0 saturated heterocycles. The molecule has 0 unspecified atom stereocenters. The van der Waals surface area contributed by atoms with Gasteiger partial charge in [0.2, 0.25) is 0 Å². The molecule has 1 aliphatic heterocycles. The molecule has 1 aromatic carbocycles. The summed E-state index contributed by atoms with van der Waals surface area (Å²) in [6, 6.07) is 3.03. The zero-order valence-corrected chi connectivity index (χ0v) is 17.8. The largest absolute Gasteiger partial charge is 0.465 e. The lowest BCUT2D eigenvalue weighted by atomic mass is 10.1. The number of methoxy groups -OCH3 is 1. The number of rotatable bonds is 2. The Labute approximate surface area is 170 Å². The monoisotopic (exact) mass is 452 g/mol. The average molecular weight is 453 g/mol. The van der Waals surface area contributed by atoms with Gasteiger partial charge in [0.1, 0.15) is 5.60 Å². The number of ether oxygens (including phenoxy) is 2. The van der Waals surface area contributed by atoms with Gasteiger partial charge in [0.05, 0.1) is 30.4 Å². The SMILES string of the molecule is COC(=O)c1cc(Br)c2[nH]c(C3=CCCN(C(=O)OC(C)(C)C)C3)c(F)c2c1. The van der Waals surface area contributed by atoms with E-state index in [0.717, 1.165) is 0 Å². The highest BCUT2D eigenvalue weighted by molar-refractivity contribution is 9.10. The maximum atomic E-state index is 15.2. The van der Waals surface area contributed by atoms with E-state index in [1.54, 1.807) is 31.7 Å². The third kappa shape index (κ3) is 4.06. The van der Waals surface area contributed by atoms with Crippen molar-refractivity contribution in [2.24, 2.45) is 0 Å². The number of hydrogen-bond acceptors (Lipinski definition) is 4. The van der Waals surface area contributed by atoms with Crippen molar-refractivity contribution in [3.8, 4) is 0 Å². The number of esters is 1. The molecule has 3 rings (SSSR count). The molecule has 0 saturated carbocycles. The van der Waals surface area contributed by atoms with E-state index >= 15 is 4.39 Å². The van der Waals surface area contributed by atoms with E-state index < -0.39 is 23.5 Å². The van der Waals surface area contributed by atoms with Gasteiger partial charge in [0.15, 0.2) is 5.82 Å². The van der Waals surface area contributed by atoms with E-state index in [2.05, 4.69) is 20.9 Å². The second-order valence-electron chi connectivity index (χ2n) is 7.61. The Kier molecular flexibility index (Phi) is 5.52. The summed E-state index contributed by atoms with van der Waals surface area (Å²) in [5, 5.41) is 0.278. The first-order chi connectivity index (χ1) is 13.1. The van der Waals surface area contributed by atoms with Gasteiger partial charge in [0.25, 0.3) is 0 Å². The molecule has 6 nitrogen and oxygen atoms in total. The van der Waals surface area contributed by atoms with Gasteiger partial charge in [0, 0.05) is 16.4 Å². The number of H-pyrrole nitrogens is 1. The van der Waals surface area contributed by atoms with Gasteiger partial charge >= 0.3 is 12.1 Å². The Hall–Kier alpha value is -2.35. The van der Waals surface area contributed by atoms with Crippen molar-refractivity contribution in [3.05, 3.63) is 39.8 Å². The van der Waals surface area contributed by atoms with Crippen LogP contribution in [-0.4, -0.2) is 47.7 Å². The Morgan fingerprint density at radius 1 is 1.29 bits per heavy atom. The molecule has 0 fully saturated rings. The molecule has 0 atom stereocenters. The van der Waals surface area contributed by atoms with Crippen LogP contribution < -0.4 is 0 Å². The van der Waals surface area contributed by atoms with Crippen LogP contribution in [0.3, 0.4) is 0 Å². The number of nitrogens with one attached hydrogen (secondary N) is 1. The predicted molar refractivity (Wildman–Crippen MR) is 108 cm³/mol. The summed E-state index contributed by atoms with van der Waals surface area (Å²) < 4.78 is 25.9. The maximum absolute atomic E-state index is 15.2. The van der Waals surface area contributed by atoms with Gasteiger partial charge < -0.3 is 19.4 Å². The molecule has 1 amide bonds. The topological polar surface area (TPSA) is 71.6 Å². The first kappa shape index (κ1) is 20.4. The summed E-state index contributed by atoms with van der Waals surface area (Å²) >= 11 is 3.38. The smallest absolute Gasteiger partial charge is 0.410 e. The number of halogens is 2. The lowest BCUT2D eigenvalue weighted by Gasteiger charge is -2.30. The lowest BCUT2D eigenvalue weighted by molar-refractivity contribution is 0.0272. The van der Waals surface area contributed by atoms with Gasteiger partial charge in [-0.1, -0.05) is 6.08 Å². The van der Waals surface area contributed by atoms with Gasteiger partial charge in [-0.05, 0) is 60.8 Å². The number of carbonyl (C=O) groups is 2. The highest BCUT2D eigenvalue weighted by atomic mass is 79.9. The second kappa shape index (κ2) is 7.58. The Balaban J connectivity index is 1.94. The van der Waals surface area contributed by atoms with Crippen LogP contribution in [0.1, 0.15) is 43.2 Å². The number of fused-ring (bicyclic) bond motifs is 1. The number of benzene rings is 1. The van der Waals surface area contributed by atoms with E-state index in [1.165, 1.54) is 13.2 Å². The number of amides is 1. The Bertz CT molecular complexity index is 975. The minimum atomic E-state index is -0.597. The fraction of sp³-hybridized carbons (Fsp3) is 0.400. The molecule has 150 valence electrons. The van der Waals surface area contributed by atoms with Crippen LogP contribution in [0.5, 0.6) is 0 Å². The summed E-state index contributed by atoms with van der Waals surface area (Å²) in [5.74, 6) is -1.02. The molecule has 0 radical (unpaired) electrons. The Morgan fingerprint density at radius 2 is 2.00 bits per heavy atom. The third-order valence-electron chi connectivity index (χ3n) is 4.34. The molecule has 1 aliphatic rings. The van der Waals surface area contributed by atoms with Crippen LogP contribution in [0.4, 0.5) is 9.18 Å². The van der Waals surface area contributed by atoms with Crippen molar-refractivity contribution in [1.29, 1.82) is 0 Å². The van der Waals surface area contributed by atoms with Gasteiger partial charge in [-0.3, -0.25) is 0 Å². The van der Waals surface area contributed by atoms with Gasteiger partial charge in [-0.25, -0.2) is 14.0 Å². The minimum Gasteiger partial charge on any atom is -0.465 e. The van der Waals surface area contributed by atoms with Crippen molar-refractivity contribution >= 4 is 44.5 Å². The minimum absolute atomic E-state index is 0.236. The van der Waals surface area contributed by atoms with Gasteiger partial charge in [-0.2, -0.15) is 0 Å². The van der Waals surface area contributed by atoms with Crippen LogP contribution in [0.2, 0.25) is 0 Å². The van der Waals surface area contributed by atoms with E-state index in [9.17, 15) is 9.59 Å². The second-order valence-corrected chi connectivity index (χ2v) is 8.46. The fourth-order valence-electron chi connectivity index (χ4n) is 3.09. The van der Waals surface area contributed by atoms with Gasteiger partial charge in [-0.15, -0.1) is 0 Å². The molecule has 0 aliphatic carbocycles. The summed E-state index contributed by atoms with van der Waals surface area (Å²) in [7, 11) is 1.28. The van der Waals surface area contributed by atoms with E-state index in [-0.39, 0.29) is 17.5 Å².